The van der Waals surface area contributed by atoms with Crippen LogP contribution < -0.4 is 0 Å². The van der Waals surface area contributed by atoms with E-state index >= 15 is 0 Å². The summed E-state index contributed by atoms with van der Waals surface area (Å²) in [4.78, 5) is 2.38. The molecular weight excluding hydrogens is 98.1 g/mol. The fraction of sp³-hybridized carbons (Fsp3) is 0.857. The standard InChI is InChI=1S/C7H12N/c1-8(2)7-3-6(4-7)5-7/h3-5H2,1-2H3. The van der Waals surface area contributed by atoms with Crippen molar-refractivity contribution in [2.75, 3.05) is 14.1 Å². The van der Waals surface area contributed by atoms with E-state index in [4.69, 9.17) is 0 Å². The minimum absolute atomic E-state index is 0.662. The largest absolute Gasteiger partial charge is 0.304 e. The summed E-state index contributed by atoms with van der Waals surface area (Å²) in [5.74, 6) is 1.79. The number of rotatable bonds is 1. The maximum Gasteiger partial charge on any atom is 0.0220 e. The normalized spacial score (nSPS) is 31.9. The van der Waals surface area contributed by atoms with Gasteiger partial charge in [-0.15, -0.1) is 0 Å². The van der Waals surface area contributed by atoms with Gasteiger partial charge in [0, 0.05) is 5.54 Å². The monoisotopic (exact) mass is 110 g/mol. The van der Waals surface area contributed by atoms with E-state index in [1.54, 1.807) is 5.92 Å². The molecule has 0 saturated heterocycles. The Morgan fingerprint density at radius 2 is 1.75 bits per heavy atom. The summed E-state index contributed by atoms with van der Waals surface area (Å²) in [5, 5.41) is 0. The van der Waals surface area contributed by atoms with Gasteiger partial charge in [-0.2, -0.15) is 0 Å². The van der Waals surface area contributed by atoms with Gasteiger partial charge in [0.2, 0.25) is 0 Å². The van der Waals surface area contributed by atoms with Crippen LogP contribution in [0.15, 0.2) is 0 Å². The zero-order chi connectivity index (χ0) is 5.78. The van der Waals surface area contributed by atoms with Crippen LogP contribution in [0.5, 0.6) is 0 Å². The third-order valence-electron chi connectivity index (χ3n) is 2.69. The summed E-state index contributed by atoms with van der Waals surface area (Å²) in [6, 6.07) is 0. The molecule has 0 heterocycles. The lowest BCUT2D eigenvalue weighted by Crippen LogP contribution is -2.64. The molecule has 3 aliphatic carbocycles. The quantitative estimate of drug-likeness (QED) is 0.488. The van der Waals surface area contributed by atoms with Gasteiger partial charge in [-0.1, -0.05) is 0 Å². The van der Waals surface area contributed by atoms with Gasteiger partial charge in [0.15, 0.2) is 0 Å². The summed E-state index contributed by atoms with van der Waals surface area (Å²) in [5.41, 5.74) is 0.662. The SMILES string of the molecule is CN(C)C12C[C](C1)C2. The molecule has 0 N–H and O–H groups in total. The Morgan fingerprint density at radius 3 is 1.75 bits per heavy atom. The average Bonchev–Trinajstić information content (AvgIpc) is 1.16. The highest BCUT2D eigenvalue weighted by atomic mass is 15.2. The molecule has 0 aromatic rings. The van der Waals surface area contributed by atoms with Crippen LogP contribution in [0.2, 0.25) is 0 Å². The molecule has 2 bridgehead atoms. The highest BCUT2D eigenvalue weighted by molar-refractivity contribution is 5.31. The first-order chi connectivity index (χ1) is 3.73. The van der Waals surface area contributed by atoms with Crippen LogP contribution in [0.1, 0.15) is 19.3 Å². The second kappa shape index (κ2) is 1.10. The molecule has 8 heavy (non-hydrogen) atoms. The molecule has 0 unspecified atom stereocenters. The van der Waals surface area contributed by atoms with E-state index in [9.17, 15) is 0 Å². The topological polar surface area (TPSA) is 3.24 Å². The molecule has 3 saturated carbocycles. The molecule has 3 fully saturated rings. The van der Waals surface area contributed by atoms with E-state index < -0.39 is 0 Å². The zero-order valence-corrected chi connectivity index (χ0v) is 5.57. The number of hydrogen-bond acceptors (Lipinski definition) is 1. The molecule has 0 amide bonds. The maximum absolute atomic E-state index is 2.38. The van der Waals surface area contributed by atoms with Gasteiger partial charge in [0.05, 0.1) is 0 Å². The molecule has 1 radical (unpaired) electrons. The van der Waals surface area contributed by atoms with Crippen molar-refractivity contribution in [2.24, 2.45) is 0 Å². The van der Waals surface area contributed by atoms with E-state index in [1.807, 2.05) is 0 Å². The van der Waals surface area contributed by atoms with Gasteiger partial charge >= 0.3 is 0 Å². The van der Waals surface area contributed by atoms with Crippen LogP contribution in [0.25, 0.3) is 0 Å². The average molecular weight is 110 g/mol. The van der Waals surface area contributed by atoms with Gasteiger partial charge < -0.3 is 4.90 Å². The predicted molar refractivity (Wildman–Crippen MR) is 33.5 cm³/mol. The van der Waals surface area contributed by atoms with Crippen LogP contribution in [0.4, 0.5) is 0 Å². The van der Waals surface area contributed by atoms with Crippen LogP contribution in [-0.2, 0) is 0 Å². The van der Waals surface area contributed by atoms with Crippen LogP contribution in [0.3, 0.4) is 0 Å². The molecule has 45 valence electrons. The fourth-order valence-electron chi connectivity index (χ4n) is 1.72. The zero-order valence-electron chi connectivity index (χ0n) is 5.57. The molecule has 3 rings (SSSR count). The van der Waals surface area contributed by atoms with Crippen molar-refractivity contribution in [2.45, 2.75) is 24.8 Å². The molecule has 0 spiro atoms. The Hall–Kier alpha value is -0.0400. The first kappa shape index (κ1) is 4.80. The van der Waals surface area contributed by atoms with Crippen LogP contribution in [0, 0.1) is 5.92 Å². The van der Waals surface area contributed by atoms with Crippen molar-refractivity contribution >= 4 is 0 Å². The molecule has 0 aromatic heterocycles. The van der Waals surface area contributed by atoms with Crippen LogP contribution in [-0.4, -0.2) is 24.5 Å². The highest BCUT2D eigenvalue weighted by Crippen LogP contribution is 2.61. The smallest absolute Gasteiger partial charge is 0.0220 e. The van der Waals surface area contributed by atoms with E-state index in [0.717, 1.165) is 0 Å². The van der Waals surface area contributed by atoms with Gasteiger partial charge in [0.25, 0.3) is 0 Å². The van der Waals surface area contributed by atoms with Gasteiger partial charge in [-0.25, -0.2) is 0 Å². The van der Waals surface area contributed by atoms with Gasteiger partial charge in [-0.3, -0.25) is 0 Å². The molecular formula is C7H12N. The molecule has 3 aliphatic rings. The van der Waals surface area contributed by atoms with E-state index in [2.05, 4.69) is 19.0 Å². The summed E-state index contributed by atoms with van der Waals surface area (Å²) in [7, 11) is 4.38. The van der Waals surface area contributed by atoms with Crippen molar-refractivity contribution < 1.29 is 0 Å². The lowest BCUT2D eigenvalue weighted by molar-refractivity contribution is -0.0180. The lowest BCUT2D eigenvalue weighted by Gasteiger charge is -2.64. The molecule has 1 heteroatoms. The summed E-state index contributed by atoms with van der Waals surface area (Å²) in [6.45, 7) is 0. The number of nitrogens with zero attached hydrogens (tertiary/aromatic N) is 1. The lowest BCUT2D eigenvalue weighted by atomic mass is 9.49. The van der Waals surface area contributed by atoms with E-state index in [-0.39, 0.29) is 0 Å². The van der Waals surface area contributed by atoms with Crippen molar-refractivity contribution in [3.63, 3.8) is 0 Å². The van der Waals surface area contributed by atoms with E-state index in [1.165, 1.54) is 19.3 Å². The van der Waals surface area contributed by atoms with Crippen molar-refractivity contribution in [1.82, 2.24) is 4.90 Å². The third-order valence-corrected chi connectivity index (χ3v) is 2.69. The van der Waals surface area contributed by atoms with Crippen molar-refractivity contribution in [3.8, 4) is 0 Å². The summed E-state index contributed by atoms with van der Waals surface area (Å²) in [6.07, 6.45) is 4.21. The minimum Gasteiger partial charge on any atom is -0.304 e. The second-order valence-corrected chi connectivity index (χ2v) is 3.40. The van der Waals surface area contributed by atoms with Crippen molar-refractivity contribution in [3.05, 3.63) is 5.92 Å². The van der Waals surface area contributed by atoms with Crippen LogP contribution >= 0.6 is 0 Å². The Bertz CT molecular complexity index is 101. The Kier molecular flexibility index (Phi) is 0.663. The molecule has 1 nitrogen and oxygen atoms in total. The van der Waals surface area contributed by atoms with Crippen molar-refractivity contribution in [1.29, 1.82) is 0 Å². The van der Waals surface area contributed by atoms with E-state index in [0.29, 0.717) is 5.54 Å². The first-order valence-corrected chi connectivity index (χ1v) is 3.24. The number of hydrogen-bond donors (Lipinski definition) is 0. The third kappa shape index (κ3) is 0.334. The minimum atomic E-state index is 0.662. The fourth-order valence-corrected chi connectivity index (χ4v) is 1.72. The maximum atomic E-state index is 2.38. The Labute approximate surface area is 50.7 Å². The Morgan fingerprint density at radius 1 is 1.25 bits per heavy atom. The van der Waals surface area contributed by atoms with Gasteiger partial charge in [-0.05, 0) is 39.3 Å². The second-order valence-electron chi connectivity index (χ2n) is 3.40. The first-order valence-electron chi connectivity index (χ1n) is 3.24. The highest BCUT2D eigenvalue weighted by Gasteiger charge is 2.58. The Balaban J connectivity index is 2.04. The molecule has 0 atom stereocenters. The molecule has 0 aromatic carbocycles. The van der Waals surface area contributed by atoms with Gasteiger partial charge in [0.1, 0.15) is 0 Å². The predicted octanol–water partition coefficient (Wildman–Crippen LogP) is 1.06. The molecule has 0 aliphatic heterocycles. The summed E-state index contributed by atoms with van der Waals surface area (Å²) >= 11 is 0. The summed E-state index contributed by atoms with van der Waals surface area (Å²) < 4.78 is 0.